The fraction of sp³-hybridized carbons (Fsp3) is 1.00. The van der Waals surface area contributed by atoms with Gasteiger partial charge in [-0.2, -0.15) is 13.2 Å². The molecule has 0 bridgehead atoms. The van der Waals surface area contributed by atoms with Gasteiger partial charge in [-0.15, -0.1) is 0 Å². The first-order valence-electron chi connectivity index (χ1n) is 8.47. The van der Waals surface area contributed by atoms with Gasteiger partial charge in [-0.1, -0.05) is 26.7 Å². The summed E-state index contributed by atoms with van der Waals surface area (Å²) >= 11 is 0. The Balaban J connectivity index is 1.93. The number of alkyl halides is 3. The average Bonchev–Trinajstić information content (AvgIpc) is 2.39. The van der Waals surface area contributed by atoms with Crippen molar-refractivity contribution in [2.45, 2.75) is 70.6 Å². The van der Waals surface area contributed by atoms with E-state index in [-0.39, 0.29) is 6.04 Å². The van der Waals surface area contributed by atoms with Crippen LogP contribution in [0, 0.1) is 11.8 Å². The number of nitrogens with zero attached hydrogens (tertiary/aromatic N) is 1. The standard InChI is InChI=1S/C16H29F3N2/c1-3-12-8-14(20-11-16(17,18)19)10-21(9-12)15(4-2)13-6-5-7-13/h12-15,20H,3-11H2,1-2H3. The Morgan fingerprint density at radius 1 is 1.19 bits per heavy atom. The van der Waals surface area contributed by atoms with Crippen molar-refractivity contribution < 1.29 is 13.2 Å². The molecule has 2 aliphatic rings. The monoisotopic (exact) mass is 306 g/mol. The lowest BCUT2D eigenvalue weighted by Gasteiger charge is -2.47. The number of likely N-dealkylation sites (tertiary alicyclic amines) is 1. The summed E-state index contributed by atoms with van der Waals surface area (Å²) in [5, 5.41) is 2.74. The summed E-state index contributed by atoms with van der Waals surface area (Å²) in [6.45, 7) is 5.36. The van der Waals surface area contributed by atoms with E-state index < -0.39 is 12.7 Å². The van der Waals surface area contributed by atoms with Crippen LogP contribution >= 0.6 is 0 Å². The van der Waals surface area contributed by atoms with Gasteiger partial charge in [0, 0.05) is 25.2 Å². The Kier molecular flexibility index (Phi) is 5.95. The zero-order chi connectivity index (χ0) is 15.5. The van der Waals surface area contributed by atoms with Gasteiger partial charge in [-0.25, -0.2) is 0 Å². The lowest BCUT2D eigenvalue weighted by molar-refractivity contribution is -0.127. The highest BCUT2D eigenvalue weighted by molar-refractivity contribution is 4.91. The fourth-order valence-electron chi connectivity index (χ4n) is 3.93. The average molecular weight is 306 g/mol. The van der Waals surface area contributed by atoms with Crippen molar-refractivity contribution in [1.82, 2.24) is 10.2 Å². The molecule has 21 heavy (non-hydrogen) atoms. The number of rotatable bonds is 6. The minimum absolute atomic E-state index is 0.0144. The van der Waals surface area contributed by atoms with E-state index in [0.717, 1.165) is 38.3 Å². The topological polar surface area (TPSA) is 15.3 Å². The van der Waals surface area contributed by atoms with E-state index in [9.17, 15) is 13.2 Å². The van der Waals surface area contributed by atoms with E-state index in [1.807, 2.05) is 0 Å². The third-order valence-corrected chi connectivity index (χ3v) is 5.32. The van der Waals surface area contributed by atoms with Crippen LogP contribution in [0.5, 0.6) is 0 Å². The second-order valence-electron chi connectivity index (χ2n) is 6.82. The van der Waals surface area contributed by atoms with Crippen LogP contribution in [0.15, 0.2) is 0 Å². The second-order valence-corrected chi connectivity index (χ2v) is 6.82. The molecule has 2 rings (SSSR count). The molecule has 1 saturated carbocycles. The first-order valence-corrected chi connectivity index (χ1v) is 8.47. The lowest BCUT2D eigenvalue weighted by atomic mass is 9.77. The molecule has 1 saturated heterocycles. The van der Waals surface area contributed by atoms with Crippen molar-refractivity contribution in [3.63, 3.8) is 0 Å². The van der Waals surface area contributed by atoms with Gasteiger partial charge < -0.3 is 5.32 Å². The Hall–Kier alpha value is -0.290. The van der Waals surface area contributed by atoms with Crippen molar-refractivity contribution in [2.75, 3.05) is 19.6 Å². The predicted molar refractivity (Wildman–Crippen MR) is 79.2 cm³/mol. The molecular formula is C16H29F3N2. The van der Waals surface area contributed by atoms with Gasteiger partial charge in [0.05, 0.1) is 6.54 Å². The fourth-order valence-corrected chi connectivity index (χ4v) is 3.93. The first kappa shape index (κ1) is 17.1. The molecule has 0 aromatic rings. The van der Waals surface area contributed by atoms with Gasteiger partial charge in [0.25, 0.3) is 0 Å². The molecule has 0 amide bonds. The highest BCUT2D eigenvalue weighted by Crippen LogP contribution is 2.35. The van der Waals surface area contributed by atoms with Crippen LogP contribution in [0.25, 0.3) is 0 Å². The lowest BCUT2D eigenvalue weighted by Crippen LogP contribution is -2.55. The molecule has 2 fully saturated rings. The number of hydrogen-bond acceptors (Lipinski definition) is 2. The Bertz CT molecular complexity index is 315. The van der Waals surface area contributed by atoms with Gasteiger partial charge in [-0.05, 0) is 37.5 Å². The Labute approximate surface area is 126 Å². The van der Waals surface area contributed by atoms with Crippen LogP contribution in [-0.4, -0.2) is 42.8 Å². The molecule has 3 unspecified atom stereocenters. The number of halogens is 3. The van der Waals surface area contributed by atoms with Crippen LogP contribution in [-0.2, 0) is 0 Å². The van der Waals surface area contributed by atoms with Gasteiger partial charge >= 0.3 is 6.18 Å². The number of piperidine rings is 1. The van der Waals surface area contributed by atoms with Gasteiger partial charge in [0.1, 0.15) is 0 Å². The Morgan fingerprint density at radius 2 is 1.90 bits per heavy atom. The van der Waals surface area contributed by atoms with Crippen molar-refractivity contribution in [2.24, 2.45) is 11.8 Å². The zero-order valence-corrected chi connectivity index (χ0v) is 13.3. The van der Waals surface area contributed by atoms with E-state index in [0.29, 0.717) is 12.0 Å². The quantitative estimate of drug-likeness (QED) is 0.802. The van der Waals surface area contributed by atoms with Crippen LogP contribution in [0.1, 0.15) is 52.4 Å². The molecule has 5 heteroatoms. The normalized spacial score (nSPS) is 30.1. The molecule has 0 aromatic heterocycles. The van der Waals surface area contributed by atoms with E-state index >= 15 is 0 Å². The number of hydrogen-bond donors (Lipinski definition) is 1. The van der Waals surface area contributed by atoms with Gasteiger partial charge in [-0.3, -0.25) is 4.90 Å². The highest BCUT2D eigenvalue weighted by Gasteiger charge is 2.36. The molecule has 0 radical (unpaired) electrons. The van der Waals surface area contributed by atoms with Crippen molar-refractivity contribution in [1.29, 1.82) is 0 Å². The van der Waals surface area contributed by atoms with Gasteiger partial charge in [0.15, 0.2) is 0 Å². The van der Waals surface area contributed by atoms with Crippen LogP contribution in [0.4, 0.5) is 13.2 Å². The minimum atomic E-state index is -4.11. The predicted octanol–water partition coefficient (Wildman–Crippen LogP) is 3.82. The van der Waals surface area contributed by atoms with Crippen LogP contribution < -0.4 is 5.32 Å². The maximum absolute atomic E-state index is 12.4. The van der Waals surface area contributed by atoms with Crippen molar-refractivity contribution in [3.05, 3.63) is 0 Å². The molecule has 0 aromatic carbocycles. The maximum atomic E-state index is 12.4. The molecule has 0 spiro atoms. The van der Waals surface area contributed by atoms with E-state index in [2.05, 4.69) is 24.1 Å². The molecular weight excluding hydrogens is 277 g/mol. The van der Waals surface area contributed by atoms with Crippen LogP contribution in [0.3, 0.4) is 0 Å². The van der Waals surface area contributed by atoms with E-state index in [1.165, 1.54) is 19.3 Å². The van der Waals surface area contributed by atoms with E-state index in [1.54, 1.807) is 0 Å². The molecule has 3 atom stereocenters. The molecule has 1 aliphatic heterocycles. The second kappa shape index (κ2) is 7.32. The zero-order valence-electron chi connectivity index (χ0n) is 13.3. The van der Waals surface area contributed by atoms with Crippen LogP contribution in [0.2, 0.25) is 0 Å². The summed E-state index contributed by atoms with van der Waals surface area (Å²) in [7, 11) is 0. The van der Waals surface area contributed by atoms with Crippen molar-refractivity contribution in [3.8, 4) is 0 Å². The molecule has 1 heterocycles. The summed E-state index contributed by atoms with van der Waals surface area (Å²) in [6, 6.07) is 0.558. The first-order chi connectivity index (χ1) is 9.93. The van der Waals surface area contributed by atoms with E-state index in [4.69, 9.17) is 0 Å². The molecule has 1 aliphatic carbocycles. The number of nitrogens with one attached hydrogen (secondary N) is 1. The summed E-state index contributed by atoms with van der Waals surface area (Å²) in [6.07, 6.45) is 2.86. The van der Waals surface area contributed by atoms with Gasteiger partial charge in [0.2, 0.25) is 0 Å². The van der Waals surface area contributed by atoms with Crippen molar-refractivity contribution >= 4 is 0 Å². The largest absolute Gasteiger partial charge is 0.401 e. The summed E-state index contributed by atoms with van der Waals surface area (Å²) in [5.74, 6) is 1.30. The SMILES string of the molecule is CCC1CC(NCC(F)(F)F)CN(C(CC)C2CCC2)C1. The highest BCUT2D eigenvalue weighted by atomic mass is 19.4. The smallest absolute Gasteiger partial charge is 0.305 e. The third kappa shape index (κ3) is 4.85. The molecule has 124 valence electrons. The molecule has 2 nitrogen and oxygen atoms in total. The summed E-state index contributed by atoms with van der Waals surface area (Å²) in [5.41, 5.74) is 0. The third-order valence-electron chi connectivity index (χ3n) is 5.32. The minimum Gasteiger partial charge on any atom is -0.305 e. The maximum Gasteiger partial charge on any atom is 0.401 e. The summed E-state index contributed by atoms with van der Waals surface area (Å²) in [4.78, 5) is 2.48. The Morgan fingerprint density at radius 3 is 2.38 bits per heavy atom. The summed E-state index contributed by atoms with van der Waals surface area (Å²) < 4.78 is 37.3. The molecule has 1 N–H and O–H groups in total.